The number of carbonyl (C=O) groups is 2. The van der Waals surface area contributed by atoms with Gasteiger partial charge < -0.3 is 14.8 Å². The standard InChI is InChI=1S/C15H17N3O4S/c1-21-9-5-6-10-12(8-9)23-14(16-10)17-13(19)11-4-3-7-18(11)15(20)22-2/h5-6,8,11H,3-4,7H2,1-2H3,(H,16,17,19). The number of anilines is 1. The number of nitrogens with zero attached hydrogens (tertiary/aromatic N) is 2. The first-order valence-corrected chi connectivity index (χ1v) is 8.04. The third-order valence-corrected chi connectivity index (χ3v) is 4.72. The number of amides is 2. The fraction of sp³-hybridized carbons (Fsp3) is 0.400. The van der Waals surface area contributed by atoms with Gasteiger partial charge in [-0.1, -0.05) is 11.3 Å². The average molecular weight is 335 g/mol. The van der Waals surface area contributed by atoms with Gasteiger partial charge in [0.1, 0.15) is 11.8 Å². The lowest BCUT2D eigenvalue weighted by Crippen LogP contribution is -2.43. The first kappa shape index (κ1) is 15.5. The van der Waals surface area contributed by atoms with Crippen LogP contribution in [-0.2, 0) is 9.53 Å². The summed E-state index contributed by atoms with van der Waals surface area (Å²) in [5.41, 5.74) is 0.794. The lowest BCUT2D eigenvalue weighted by molar-refractivity contribution is -0.119. The summed E-state index contributed by atoms with van der Waals surface area (Å²) < 4.78 is 10.8. The molecule has 1 N–H and O–H groups in total. The molecule has 1 unspecified atom stereocenters. The number of ether oxygens (including phenoxy) is 2. The first-order chi connectivity index (χ1) is 11.1. The van der Waals surface area contributed by atoms with Crippen LogP contribution < -0.4 is 10.1 Å². The van der Waals surface area contributed by atoms with Gasteiger partial charge in [0.2, 0.25) is 5.91 Å². The van der Waals surface area contributed by atoms with Crippen LogP contribution >= 0.6 is 11.3 Å². The van der Waals surface area contributed by atoms with Gasteiger partial charge in [0, 0.05) is 6.54 Å². The zero-order valence-electron chi connectivity index (χ0n) is 12.9. The van der Waals surface area contributed by atoms with Crippen LogP contribution in [0.1, 0.15) is 12.8 Å². The van der Waals surface area contributed by atoms with Crippen molar-refractivity contribution in [2.24, 2.45) is 0 Å². The molecule has 0 radical (unpaired) electrons. The molecule has 0 aliphatic carbocycles. The molecule has 7 nitrogen and oxygen atoms in total. The van der Waals surface area contributed by atoms with Crippen molar-refractivity contribution in [2.75, 3.05) is 26.1 Å². The Hall–Kier alpha value is -2.35. The number of methoxy groups -OCH3 is 2. The van der Waals surface area contributed by atoms with Crippen molar-refractivity contribution >= 4 is 38.7 Å². The molecular formula is C15H17N3O4S. The molecular weight excluding hydrogens is 318 g/mol. The Morgan fingerprint density at radius 3 is 2.96 bits per heavy atom. The fourth-order valence-corrected chi connectivity index (χ4v) is 3.55. The maximum Gasteiger partial charge on any atom is 0.410 e. The number of likely N-dealkylation sites (tertiary alicyclic amines) is 1. The number of carbonyl (C=O) groups excluding carboxylic acids is 2. The minimum Gasteiger partial charge on any atom is -0.497 e. The van der Waals surface area contributed by atoms with E-state index >= 15 is 0 Å². The molecule has 0 saturated carbocycles. The van der Waals surface area contributed by atoms with Crippen molar-refractivity contribution in [3.63, 3.8) is 0 Å². The second-order valence-corrected chi connectivity index (χ2v) is 6.19. The molecule has 1 aromatic carbocycles. The van der Waals surface area contributed by atoms with E-state index in [1.165, 1.54) is 23.3 Å². The van der Waals surface area contributed by atoms with Crippen molar-refractivity contribution in [2.45, 2.75) is 18.9 Å². The molecule has 122 valence electrons. The Kier molecular flexibility index (Phi) is 4.33. The van der Waals surface area contributed by atoms with Gasteiger partial charge >= 0.3 is 6.09 Å². The van der Waals surface area contributed by atoms with Gasteiger partial charge in [0.15, 0.2) is 5.13 Å². The molecule has 1 saturated heterocycles. The van der Waals surface area contributed by atoms with Crippen LogP contribution in [-0.4, -0.2) is 48.7 Å². The summed E-state index contributed by atoms with van der Waals surface area (Å²) in [7, 11) is 2.92. The molecule has 0 bridgehead atoms. The van der Waals surface area contributed by atoms with Crippen LogP contribution in [0.25, 0.3) is 10.2 Å². The quantitative estimate of drug-likeness (QED) is 0.932. The SMILES string of the molecule is COC(=O)N1CCCC1C(=O)Nc1nc2ccc(OC)cc2s1. The third kappa shape index (κ3) is 3.07. The minimum absolute atomic E-state index is 0.237. The highest BCUT2D eigenvalue weighted by atomic mass is 32.1. The number of benzene rings is 1. The highest BCUT2D eigenvalue weighted by Crippen LogP contribution is 2.30. The molecule has 1 fully saturated rings. The number of nitrogens with one attached hydrogen (secondary N) is 1. The summed E-state index contributed by atoms with van der Waals surface area (Å²) >= 11 is 1.37. The zero-order chi connectivity index (χ0) is 16.4. The summed E-state index contributed by atoms with van der Waals surface area (Å²) in [6.07, 6.45) is 0.931. The van der Waals surface area contributed by atoms with E-state index in [0.29, 0.717) is 18.1 Å². The predicted molar refractivity (Wildman–Crippen MR) is 86.9 cm³/mol. The van der Waals surface area contributed by atoms with Gasteiger partial charge in [-0.3, -0.25) is 9.69 Å². The Bertz CT molecular complexity index is 745. The summed E-state index contributed by atoms with van der Waals surface area (Å²) in [5.74, 6) is 0.505. The number of hydrogen-bond acceptors (Lipinski definition) is 6. The van der Waals surface area contributed by atoms with E-state index in [9.17, 15) is 9.59 Å². The van der Waals surface area contributed by atoms with Crippen LogP contribution in [0.2, 0.25) is 0 Å². The van der Waals surface area contributed by atoms with Crippen LogP contribution in [0, 0.1) is 0 Å². The Balaban J connectivity index is 1.76. The van der Waals surface area contributed by atoms with Crippen LogP contribution in [0.3, 0.4) is 0 Å². The molecule has 23 heavy (non-hydrogen) atoms. The summed E-state index contributed by atoms with van der Waals surface area (Å²) in [5, 5.41) is 3.31. The Morgan fingerprint density at radius 1 is 1.39 bits per heavy atom. The van der Waals surface area contributed by atoms with E-state index < -0.39 is 12.1 Å². The first-order valence-electron chi connectivity index (χ1n) is 7.22. The highest BCUT2D eigenvalue weighted by Gasteiger charge is 2.35. The Labute approximate surface area is 137 Å². The number of aromatic nitrogens is 1. The van der Waals surface area contributed by atoms with E-state index in [0.717, 1.165) is 22.4 Å². The van der Waals surface area contributed by atoms with E-state index in [2.05, 4.69) is 10.3 Å². The fourth-order valence-electron chi connectivity index (χ4n) is 2.65. The molecule has 2 aromatic rings. The second-order valence-electron chi connectivity index (χ2n) is 5.16. The largest absolute Gasteiger partial charge is 0.497 e. The van der Waals surface area contributed by atoms with E-state index in [-0.39, 0.29) is 5.91 Å². The molecule has 1 aromatic heterocycles. The minimum atomic E-state index is -0.510. The maximum atomic E-state index is 12.4. The Morgan fingerprint density at radius 2 is 2.22 bits per heavy atom. The summed E-state index contributed by atoms with van der Waals surface area (Å²) in [6, 6.07) is 5.03. The molecule has 2 amide bonds. The predicted octanol–water partition coefficient (Wildman–Crippen LogP) is 2.47. The smallest absolute Gasteiger partial charge is 0.410 e. The second kappa shape index (κ2) is 6.41. The number of hydrogen-bond donors (Lipinski definition) is 1. The van der Waals surface area contributed by atoms with E-state index in [1.807, 2.05) is 18.2 Å². The van der Waals surface area contributed by atoms with Gasteiger partial charge in [-0.05, 0) is 31.0 Å². The van der Waals surface area contributed by atoms with Gasteiger partial charge in [0.05, 0.1) is 24.4 Å². The molecule has 3 rings (SSSR count). The van der Waals surface area contributed by atoms with Crippen LogP contribution in [0.15, 0.2) is 18.2 Å². The summed E-state index contributed by atoms with van der Waals surface area (Å²) in [6.45, 7) is 0.530. The average Bonchev–Trinajstić information content (AvgIpc) is 3.19. The number of rotatable bonds is 3. The number of fused-ring (bicyclic) bond motifs is 1. The van der Waals surface area contributed by atoms with Crippen molar-refractivity contribution in [1.82, 2.24) is 9.88 Å². The monoisotopic (exact) mass is 335 g/mol. The molecule has 1 atom stereocenters. The molecule has 8 heteroatoms. The van der Waals surface area contributed by atoms with E-state index in [1.54, 1.807) is 7.11 Å². The maximum absolute atomic E-state index is 12.4. The third-order valence-electron chi connectivity index (χ3n) is 3.79. The van der Waals surface area contributed by atoms with Gasteiger partial charge in [-0.15, -0.1) is 0 Å². The van der Waals surface area contributed by atoms with Crippen molar-refractivity contribution in [3.05, 3.63) is 18.2 Å². The molecule has 1 aliphatic heterocycles. The van der Waals surface area contributed by atoms with Crippen molar-refractivity contribution < 1.29 is 19.1 Å². The molecule has 2 heterocycles. The zero-order valence-corrected chi connectivity index (χ0v) is 13.7. The van der Waals surface area contributed by atoms with Gasteiger partial charge in [0.25, 0.3) is 0 Å². The van der Waals surface area contributed by atoms with Crippen molar-refractivity contribution in [1.29, 1.82) is 0 Å². The summed E-state index contributed by atoms with van der Waals surface area (Å²) in [4.78, 5) is 30.0. The topological polar surface area (TPSA) is 80.8 Å². The normalized spacial score (nSPS) is 17.3. The highest BCUT2D eigenvalue weighted by molar-refractivity contribution is 7.22. The lowest BCUT2D eigenvalue weighted by Gasteiger charge is -2.21. The van der Waals surface area contributed by atoms with Crippen LogP contribution in [0.4, 0.5) is 9.93 Å². The lowest BCUT2D eigenvalue weighted by atomic mass is 10.2. The molecule has 0 spiro atoms. The van der Waals surface area contributed by atoms with Gasteiger partial charge in [-0.2, -0.15) is 0 Å². The van der Waals surface area contributed by atoms with Crippen LogP contribution in [0.5, 0.6) is 5.75 Å². The van der Waals surface area contributed by atoms with Crippen molar-refractivity contribution in [3.8, 4) is 5.75 Å². The number of thiazole rings is 1. The molecule has 1 aliphatic rings. The van der Waals surface area contributed by atoms with Gasteiger partial charge in [-0.25, -0.2) is 9.78 Å². The van der Waals surface area contributed by atoms with E-state index in [4.69, 9.17) is 9.47 Å².